The third kappa shape index (κ3) is 5.27. The minimum atomic E-state index is -4.82. The second kappa shape index (κ2) is 8.71. The lowest BCUT2D eigenvalue weighted by atomic mass is 10.2. The highest BCUT2D eigenvalue weighted by Crippen LogP contribution is 2.37. The van der Waals surface area contributed by atoms with Gasteiger partial charge in [-0.1, -0.05) is 30.1 Å². The van der Waals surface area contributed by atoms with Crippen molar-refractivity contribution in [3.63, 3.8) is 0 Å². The molecule has 0 aliphatic carbocycles. The van der Waals surface area contributed by atoms with Crippen LogP contribution in [0.5, 0.6) is 0 Å². The molecule has 154 valence electrons. The van der Waals surface area contributed by atoms with E-state index in [0.717, 1.165) is 12.1 Å². The van der Waals surface area contributed by atoms with Crippen LogP contribution in [0.1, 0.15) is 25.8 Å². The van der Waals surface area contributed by atoms with Crippen LogP contribution in [0.3, 0.4) is 0 Å². The van der Waals surface area contributed by atoms with Crippen LogP contribution < -0.4 is 4.72 Å². The van der Waals surface area contributed by atoms with Gasteiger partial charge in [0, 0.05) is 5.02 Å². The van der Waals surface area contributed by atoms with E-state index in [1.54, 1.807) is 6.92 Å². The lowest BCUT2D eigenvalue weighted by Crippen LogP contribution is -2.21. The van der Waals surface area contributed by atoms with E-state index in [2.05, 4.69) is 4.72 Å². The Balaban J connectivity index is 2.49. The Hall–Kier alpha value is -1.13. The van der Waals surface area contributed by atoms with E-state index in [1.807, 2.05) is 6.92 Å². The third-order valence-corrected chi connectivity index (χ3v) is 7.68. The van der Waals surface area contributed by atoms with E-state index in [1.165, 1.54) is 18.2 Å². The van der Waals surface area contributed by atoms with Gasteiger partial charge in [0.2, 0.25) is 0 Å². The van der Waals surface area contributed by atoms with Crippen molar-refractivity contribution in [1.29, 1.82) is 0 Å². The molecule has 11 heteroatoms. The summed E-state index contributed by atoms with van der Waals surface area (Å²) < 4.78 is 79.2. The zero-order valence-electron chi connectivity index (χ0n) is 14.7. The van der Waals surface area contributed by atoms with E-state index < -0.39 is 42.9 Å². The standard InChI is InChI=1S/C17H16Cl2F3NO3S2/c1-3-10(2)27(24)16-7-4-11(18)8-15(16)23-28(25,26)12-5-6-14(19)13(9-12)17(20,21)22/h4-10,23H,3H2,1-2H3. The molecule has 2 aromatic carbocycles. The summed E-state index contributed by atoms with van der Waals surface area (Å²) in [6, 6.07) is 6.39. The summed E-state index contributed by atoms with van der Waals surface area (Å²) in [4.78, 5) is -0.447. The number of hydrogen-bond acceptors (Lipinski definition) is 3. The van der Waals surface area contributed by atoms with Crippen molar-refractivity contribution >= 4 is 50.1 Å². The smallest absolute Gasteiger partial charge is 0.417 e. The first-order valence-corrected chi connectivity index (χ1v) is 11.4. The van der Waals surface area contributed by atoms with E-state index in [-0.39, 0.29) is 20.9 Å². The van der Waals surface area contributed by atoms with E-state index in [0.29, 0.717) is 12.5 Å². The first-order chi connectivity index (χ1) is 12.9. The van der Waals surface area contributed by atoms with Crippen LogP contribution in [0.2, 0.25) is 10.0 Å². The molecule has 0 radical (unpaired) electrons. The first-order valence-electron chi connectivity index (χ1n) is 7.96. The van der Waals surface area contributed by atoms with E-state index >= 15 is 0 Å². The van der Waals surface area contributed by atoms with Crippen LogP contribution in [0.4, 0.5) is 18.9 Å². The third-order valence-electron chi connectivity index (χ3n) is 3.90. The predicted octanol–water partition coefficient (Wildman–Crippen LogP) is 5.72. The van der Waals surface area contributed by atoms with Crippen molar-refractivity contribution in [2.24, 2.45) is 0 Å². The van der Waals surface area contributed by atoms with Crippen molar-refractivity contribution in [2.75, 3.05) is 4.72 Å². The fraction of sp³-hybridized carbons (Fsp3) is 0.294. The number of nitrogens with one attached hydrogen (secondary N) is 1. The van der Waals surface area contributed by atoms with Gasteiger partial charge in [-0.25, -0.2) is 8.42 Å². The molecule has 0 amide bonds. The molecule has 2 unspecified atom stereocenters. The van der Waals surface area contributed by atoms with Gasteiger partial charge in [-0.05, 0) is 60.9 Å². The number of sulfonamides is 1. The molecular weight excluding hydrogens is 458 g/mol. The van der Waals surface area contributed by atoms with Gasteiger partial charge in [0.05, 0.1) is 15.5 Å². The van der Waals surface area contributed by atoms with Crippen LogP contribution in [-0.2, 0) is 27.4 Å². The van der Waals surface area contributed by atoms with Gasteiger partial charge in [0.15, 0.2) is 4.90 Å². The molecule has 0 aliphatic rings. The van der Waals surface area contributed by atoms with Crippen LogP contribution in [-0.4, -0.2) is 18.2 Å². The summed E-state index contributed by atoms with van der Waals surface area (Å²) in [6.07, 6.45) is -4.24. The molecule has 4 nitrogen and oxygen atoms in total. The molecule has 28 heavy (non-hydrogen) atoms. The second-order valence-electron chi connectivity index (χ2n) is 5.90. The lowest BCUT2D eigenvalue weighted by molar-refractivity contribution is -0.137. The van der Waals surface area contributed by atoms with Crippen molar-refractivity contribution in [2.45, 2.75) is 41.5 Å². The molecule has 0 fully saturated rings. The van der Waals surface area contributed by atoms with Gasteiger partial charge < -0.3 is 4.55 Å². The van der Waals surface area contributed by atoms with Crippen molar-refractivity contribution < 1.29 is 26.1 Å². The molecule has 0 spiro atoms. The second-order valence-corrected chi connectivity index (χ2v) is 10.3. The molecule has 0 heterocycles. The molecule has 0 aliphatic heterocycles. The van der Waals surface area contributed by atoms with Crippen LogP contribution in [0.15, 0.2) is 46.2 Å². The van der Waals surface area contributed by atoms with E-state index in [4.69, 9.17) is 23.2 Å². The Labute approximate surface area is 174 Å². The Morgan fingerprint density at radius 1 is 1.18 bits per heavy atom. The zero-order valence-corrected chi connectivity index (χ0v) is 17.8. The molecule has 1 N–H and O–H groups in total. The van der Waals surface area contributed by atoms with Crippen molar-refractivity contribution in [3.05, 3.63) is 52.0 Å². The summed E-state index contributed by atoms with van der Waals surface area (Å²) >= 11 is 9.90. The minimum Gasteiger partial charge on any atom is -0.611 e. The maximum absolute atomic E-state index is 13.0. The number of rotatable bonds is 6. The molecule has 0 saturated heterocycles. The SMILES string of the molecule is CCC(C)[S+]([O-])c1ccc(Cl)cc1NS(=O)(=O)c1ccc(Cl)c(C(F)(F)F)c1. The molecule has 0 bridgehead atoms. The number of alkyl halides is 3. The first kappa shape index (κ1) is 23.2. The van der Waals surface area contributed by atoms with Gasteiger partial charge in [-0.3, -0.25) is 4.72 Å². The molecule has 0 aromatic heterocycles. The van der Waals surface area contributed by atoms with Gasteiger partial charge in [-0.15, -0.1) is 0 Å². The predicted molar refractivity (Wildman–Crippen MR) is 105 cm³/mol. The maximum Gasteiger partial charge on any atom is 0.417 e. The summed E-state index contributed by atoms with van der Waals surface area (Å²) in [5, 5.41) is -0.709. The lowest BCUT2D eigenvalue weighted by Gasteiger charge is -2.20. The highest BCUT2D eigenvalue weighted by Gasteiger charge is 2.35. The Kier molecular flexibility index (Phi) is 7.20. The molecular formula is C17H16Cl2F3NO3S2. The zero-order chi connectivity index (χ0) is 21.3. The van der Waals surface area contributed by atoms with Gasteiger partial charge in [0.1, 0.15) is 10.9 Å². The molecule has 2 rings (SSSR count). The molecule has 2 atom stereocenters. The summed E-state index contributed by atoms with van der Waals surface area (Å²) in [7, 11) is -4.42. The van der Waals surface area contributed by atoms with Crippen molar-refractivity contribution in [3.8, 4) is 0 Å². The highest BCUT2D eigenvalue weighted by molar-refractivity contribution is 7.93. The van der Waals surface area contributed by atoms with Crippen molar-refractivity contribution in [1.82, 2.24) is 0 Å². The maximum atomic E-state index is 13.0. The number of anilines is 1. The van der Waals surface area contributed by atoms with Crippen LogP contribution >= 0.6 is 23.2 Å². The fourth-order valence-electron chi connectivity index (χ4n) is 2.22. The topological polar surface area (TPSA) is 69.2 Å². The summed E-state index contributed by atoms with van der Waals surface area (Å²) in [5.74, 6) is 0. The van der Waals surface area contributed by atoms with Gasteiger partial charge in [0.25, 0.3) is 10.0 Å². The monoisotopic (exact) mass is 473 g/mol. The number of halogens is 5. The summed E-state index contributed by atoms with van der Waals surface area (Å²) in [6.45, 7) is 3.56. The Morgan fingerprint density at radius 3 is 2.39 bits per heavy atom. The van der Waals surface area contributed by atoms with Crippen LogP contribution in [0, 0.1) is 0 Å². The minimum absolute atomic E-state index is 0.0605. The van der Waals surface area contributed by atoms with Crippen LogP contribution in [0.25, 0.3) is 0 Å². The number of benzene rings is 2. The fourth-order valence-corrected chi connectivity index (χ4v) is 5.04. The Morgan fingerprint density at radius 2 is 1.82 bits per heavy atom. The largest absolute Gasteiger partial charge is 0.611 e. The molecule has 0 saturated carbocycles. The van der Waals surface area contributed by atoms with Gasteiger partial charge in [-0.2, -0.15) is 13.2 Å². The average Bonchev–Trinajstić information content (AvgIpc) is 2.59. The Bertz CT molecular complexity index is 969. The van der Waals surface area contributed by atoms with E-state index in [9.17, 15) is 26.1 Å². The highest BCUT2D eigenvalue weighted by atomic mass is 35.5. The summed E-state index contributed by atoms with van der Waals surface area (Å²) in [5.41, 5.74) is -1.33. The normalized spacial score (nSPS) is 14.6. The number of hydrogen-bond donors (Lipinski definition) is 1. The quantitative estimate of drug-likeness (QED) is 0.545. The van der Waals surface area contributed by atoms with Gasteiger partial charge >= 0.3 is 6.18 Å². The molecule has 2 aromatic rings. The average molecular weight is 474 g/mol.